The Bertz CT molecular complexity index is 806. The van der Waals surface area contributed by atoms with Crippen LogP contribution >= 0.6 is 27.5 Å². The first-order valence-electron chi connectivity index (χ1n) is 6.50. The Balaban J connectivity index is 2.02. The highest BCUT2D eigenvalue weighted by Gasteiger charge is 2.29. The van der Waals surface area contributed by atoms with E-state index in [-0.39, 0.29) is 29.1 Å². The minimum absolute atomic E-state index is 0.0288. The van der Waals surface area contributed by atoms with E-state index < -0.39 is 9.84 Å². The zero-order valence-corrected chi connectivity index (χ0v) is 14.2. The first-order valence-corrected chi connectivity index (χ1v) is 9.65. The van der Waals surface area contributed by atoms with Crippen molar-refractivity contribution in [2.75, 3.05) is 11.5 Å². The predicted octanol–water partition coefficient (Wildman–Crippen LogP) is 3.11. The van der Waals surface area contributed by atoms with Gasteiger partial charge in [-0.25, -0.2) is 17.8 Å². The second kappa shape index (κ2) is 5.52. The molecule has 1 aromatic carbocycles. The van der Waals surface area contributed by atoms with Gasteiger partial charge in [-0.2, -0.15) is 0 Å². The van der Waals surface area contributed by atoms with Crippen LogP contribution in [0.5, 0.6) is 0 Å². The Morgan fingerprint density at radius 1 is 1.48 bits per heavy atom. The smallest absolute Gasteiger partial charge is 0.150 e. The number of benzene rings is 1. The molecule has 1 aliphatic rings. The zero-order chi connectivity index (χ0) is 15.2. The van der Waals surface area contributed by atoms with Crippen LogP contribution in [0.4, 0.5) is 4.39 Å². The Morgan fingerprint density at radius 3 is 2.86 bits per heavy atom. The molecule has 1 unspecified atom stereocenters. The summed E-state index contributed by atoms with van der Waals surface area (Å²) in [4.78, 5) is 4.40. The minimum atomic E-state index is -2.93. The largest absolute Gasteiger partial charge is 0.327 e. The predicted molar refractivity (Wildman–Crippen MR) is 83.7 cm³/mol. The molecule has 1 atom stereocenters. The number of fused-ring (bicyclic) bond motifs is 1. The number of aromatic nitrogens is 2. The van der Waals surface area contributed by atoms with E-state index in [1.165, 1.54) is 6.07 Å². The van der Waals surface area contributed by atoms with Crippen LogP contribution < -0.4 is 0 Å². The fourth-order valence-corrected chi connectivity index (χ4v) is 5.13. The molecule has 1 aliphatic heterocycles. The molecule has 21 heavy (non-hydrogen) atoms. The summed E-state index contributed by atoms with van der Waals surface area (Å²) in [5.41, 5.74) is 1.30. The van der Waals surface area contributed by atoms with Crippen LogP contribution in [0.2, 0.25) is 0 Å². The lowest BCUT2D eigenvalue weighted by molar-refractivity contribution is 0.490. The van der Waals surface area contributed by atoms with Gasteiger partial charge in [-0.3, -0.25) is 0 Å². The van der Waals surface area contributed by atoms with Gasteiger partial charge in [0.25, 0.3) is 0 Å². The topological polar surface area (TPSA) is 52.0 Å². The molecule has 3 rings (SSSR count). The van der Waals surface area contributed by atoms with Crippen LogP contribution in [0.15, 0.2) is 16.6 Å². The van der Waals surface area contributed by atoms with Crippen LogP contribution in [-0.2, 0) is 22.3 Å². The summed E-state index contributed by atoms with van der Waals surface area (Å²) < 4.78 is 39.1. The van der Waals surface area contributed by atoms with Crippen LogP contribution in [0, 0.1) is 11.7 Å². The second-order valence-corrected chi connectivity index (χ2v) is 8.65. The molecule has 0 amide bonds. The molecule has 1 saturated heterocycles. The first kappa shape index (κ1) is 15.2. The van der Waals surface area contributed by atoms with Crippen molar-refractivity contribution in [3.8, 4) is 0 Å². The fraction of sp³-hybridized carbons (Fsp3) is 0.462. The van der Waals surface area contributed by atoms with Crippen molar-refractivity contribution in [3.05, 3.63) is 28.2 Å². The lowest BCUT2D eigenvalue weighted by Gasteiger charge is -2.12. The molecule has 2 heterocycles. The summed E-state index contributed by atoms with van der Waals surface area (Å²) in [6.07, 6.45) is 0.628. The standard InChI is InChI=1S/C13H13BrClFN2O2S/c14-9-3-11-12(4-10(9)16)18(13(5-15)17-11)6-8-1-2-21(19,20)7-8/h3-4,8H,1-2,5-7H2. The molecule has 1 fully saturated rings. The monoisotopic (exact) mass is 394 g/mol. The van der Waals surface area contributed by atoms with Gasteiger partial charge in [-0.05, 0) is 34.3 Å². The number of hydrogen-bond donors (Lipinski definition) is 0. The molecule has 114 valence electrons. The van der Waals surface area contributed by atoms with Gasteiger partial charge in [-0.15, -0.1) is 11.6 Å². The highest BCUT2D eigenvalue weighted by molar-refractivity contribution is 9.10. The van der Waals surface area contributed by atoms with E-state index in [1.807, 2.05) is 4.57 Å². The maximum atomic E-state index is 13.8. The van der Waals surface area contributed by atoms with E-state index in [2.05, 4.69) is 20.9 Å². The Kier molecular flexibility index (Phi) is 4.00. The number of rotatable bonds is 3. The Hall–Kier alpha value is -0.660. The van der Waals surface area contributed by atoms with Gasteiger partial charge in [0.15, 0.2) is 9.84 Å². The van der Waals surface area contributed by atoms with E-state index in [9.17, 15) is 12.8 Å². The SMILES string of the molecule is O=S1(=O)CCC(Cn2c(CCl)nc3cc(Br)c(F)cc32)C1. The molecule has 0 aliphatic carbocycles. The van der Waals surface area contributed by atoms with Crippen molar-refractivity contribution >= 4 is 48.4 Å². The molecule has 0 bridgehead atoms. The summed E-state index contributed by atoms with van der Waals surface area (Å²) >= 11 is 9.06. The molecule has 0 radical (unpaired) electrons. The summed E-state index contributed by atoms with van der Waals surface area (Å²) in [6.45, 7) is 0.499. The number of sulfone groups is 1. The fourth-order valence-electron chi connectivity index (χ4n) is 2.75. The quantitative estimate of drug-likeness (QED) is 0.750. The van der Waals surface area contributed by atoms with Crippen LogP contribution in [0.25, 0.3) is 11.0 Å². The average Bonchev–Trinajstić information content (AvgIpc) is 2.92. The summed E-state index contributed by atoms with van der Waals surface area (Å²) in [5.74, 6) is 0.889. The lowest BCUT2D eigenvalue weighted by Crippen LogP contribution is -2.14. The van der Waals surface area contributed by atoms with Gasteiger partial charge < -0.3 is 4.57 Å². The molecule has 8 heteroatoms. The summed E-state index contributed by atoms with van der Waals surface area (Å²) in [6, 6.07) is 3.02. The van der Waals surface area contributed by atoms with Gasteiger partial charge >= 0.3 is 0 Å². The van der Waals surface area contributed by atoms with Gasteiger partial charge in [0.2, 0.25) is 0 Å². The average molecular weight is 396 g/mol. The molecule has 0 saturated carbocycles. The molecule has 0 spiro atoms. The van der Waals surface area contributed by atoms with Crippen molar-refractivity contribution in [1.29, 1.82) is 0 Å². The van der Waals surface area contributed by atoms with Crippen LogP contribution in [-0.4, -0.2) is 29.5 Å². The van der Waals surface area contributed by atoms with Crippen molar-refractivity contribution in [3.63, 3.8) is 0 Å². The van der Waals surface area contributed by atoms with Crippen molar-refractivity contribution < 1.29 is 12.8 Å². The Labute approximate surface area is 135 Å². The van der Waals surface area contributed by atoms with Crippen LogP contribution in [0.1, 0.15) is 12.2 Å². The number of alkyl halides is 1. The normalized spacial score (nSPS) is 21.2. The maximum absolute atomic E-state index is 13.8. The third-order valence-corrected chi connectivity index (χ3v) is 6.44. The molecule has 4 nitrogen and oxygen atoms in total. The first-order chi connectivity index (χ1) is 9.89. The number of hydrogen-bond acceptors (Lipinski definition) is 3. The molecule has 1 aromatic heterocycles. The molecule has 0 N–H and O–H groups in total. The van der Waals surface area contributed by atoms with Crippen molar-refractivity contribution in [2.24, 2.45) is 5.92 Å². The molecule has 2 aromatic rings. The van der Waals surface area contributed by atoms with E-state index >= 15 is 0 Å². The Morgan fingerprint density at radius 2 is 2.24 bits per heavy atom. The van der Waals surface area contributed by atoms with Gasteiger partial charge in [0.05, 0.1) is 32.9 Å². The number of halogens is 3. The minimum Gasteiger partial charge on any atom is -0.327 e. The maximum Gasteiger partial charge on any atom is 0.150 e. The van der Waals surface area contributed by atoms with Gasteiger partial charge in [0.1, 0.15) is 11.6 Å². The van der Waals surface area contributed by atoms with E-state index in [4.69, 9.17) is 11.6 Å². The van der Waals surface area contributed by atoms with Gasteiger partial charge in [-0.1, -0.05) is 0 Å². The third-order valence-electron chi connectivity index (χ3n) is 3.76. The zero-order valence-electron chi connectivity index (χ0n) is 11.0. The van der Waals surface area contributed by atoms with E-state index in [1.54, 1.807) is 6.07 Å². The highest BCUT2D eigenvalue weighted by Crippen LogP contribution is 2.28. The number of imidazole rings is 1. The van der Waals surface area contributed by atoms with Gasteiger partial charge in [0, 0.05) is 12.6 Å². The van der Waals surface area contributed by atoms with E-state index in [0.717, 1.165) is 0 Å². The number of nitrogens with zero attached hydrogens (tertiary/aromatic N) is 2. The highest BCUT2D eigenvalue weighted by atomic mass is 79.9. The summed E-state index contributed by atoms with van der Waals surface area (Å²) in [5, 5.41) is 0. The van der Waals surface area contributed by atoms with E-state index in [0.29, 0.717) is 34.3 Å². The summed E-state index contributed by atoms with van der Waals surface area (Å²) in [7, 11) is -2.93. The van der Waals surface area contributed by atoms with Crippen molar-refractivity contribution in [1.82, 2.24) is 9.55 Å². The molecular formula is C13H13BrClFN2O2S. The third kappa shape index (κ3) is 2.96. The van der Waals surface area contributed by atoms with Crippen molar-refractivity contribution in [2.45, 2.75) is 18.8 Å². The lowest BCUT2D eigenvalue weighted by atomic mass is 10.1. The molecular weight excluding hydrogens is 383 g/mol. The second-order valence-electron chi connectivity index (χ2n) is 5.30. The van der Waals surface area contributed by atoms with Crippen LogP contribution in [0.3, 0.4) is 0 Å².